The lowest BCUT2D eigenvalue weighted by Gasteiger charge is -2.01. The fourth-order valence-corrected chi connectivity index (χ4v) is 1.73. The number of hydrogen-bond acceptors (Lipinski definition) is 4. The van der Waals surface area contributed by atoms with E-state index in [0.717, 1.165) is 5.56 Å². The fourth-order valence-electron chi connectivity index (χ4n) is 1.30. The van der Waals surface area contributed by atoms with Crippen molar-refractivity contribution in [3.63, 3.8) is 0 Å². The molecular formula is C7H5BClNO2S. The van der Waals surface area contributed by atoms with Crippen LogP contribution >= 0.6 is 11.6 Å². The highest BCUT2D eigenvalue weighted by atomic mass is 35.5. The van der Waals surface area contributed by atoms with Gasteiger partial charge in [-0.25, -0.2) is 0 Å². The molecule has 0 unspecified atom stereocenters. The summed E-state index contributed by atoms with van der Waals surface area (Å²) in [5.74, 6) is 0. The average Bonchev–Trinajstić information content (AvgIpc) is 2.46. The third kappa shape index (κ3) is 1.48. The van der Waals surface area contributed by atoms with Crippen molar-refractivity contribution in [3.8, 4) is 0 Å². The first-order chi connectivity index (χ1) is 6.22. The number of fused-ring (bicyclic) bond motifs is 1. The number of hydrogen-bond donors (Lipinski definition) is 1. The third-order valence-corrected chi connectivity index (χ3v) is 2.47. The SMILES string of the molecule is OB1OCc2cc(Cl)c(N=S)cc21. The quantitative estimate of drug-likeness (QED) is 0.706. The van der Waals surface area contributed by atoms with Crippen LogP contribution in [0.25, 0.3) is 0 Å². The van der Waals surface area contributed by atoms with Crippen molar-refractivity contribution in [3.05, 3.63) is 22.7 Å². The van der Waals surface area contributed by atoms with Gasteiger partial charge >= 0.3 is 7.12 Å². The highest BCUT2D eigenvalue weighted by Gasteiger charge is 2.28. The molecule has 0 fully saturated rings. The molecule has 1 aromatic rings. The standard InChI is InChI=1S/C7H5BClNO2S/c9-6-1-4-3-12-8(11)5(4)2-7(6)10-13/h1-2,11H,3H2. The molecule has 0 radical (unpaired) electrons. The molecule has 0 saturated carbocycles. The Labute approximate surface area is 86.0 Å². The Hall–Kier alpha value is -0.485. The number of nitrogens with zero attached hydrogens (tertiary/aromatic N) is 1. The molecule has 6 heteroatoms. The Morgan fingerprint density at radius 2 is 2.38 bits per heavy atom. The second kappa shape index (κ2) is 3.34. The van der Waals surface area contributed by atoms with E-state index in [-0.39, 0.29) is 0 Å². The first-order valence-electron chi connectivity index (χ1n) is 3.67. The Balaban J connectivity index is 2.57. The van der Waals surface area contributed by atoms with Crippen LogP contribution in [0.5, 0.6) is 0 Å². The van der Waals surface area contributed by atoms with E-state index in [0.29, 0.717) is 22.8 Å². The van der Waals surface area contributed by atoms with Crippen LogP contribution in [0.4, 0.5) is 5.69 Å². The molecule has 0 atom stereocenters. The van der Waals surface area contributed by atoms with Crippen LogP contribution < -0.4 is 5.46 Å². The van der Waals surface area contributed by atoms with E-state index in [4.69, 9.17) is 16.3 Å². The van der Waals surface area contributed by atoms with Gasteiger partial charge in [0.15, 0.2) is 0 Å². The van der Waals surface area contributed by atoms with Gasteiger partial charge in [-0.2, -0.15) is 4.36 Å². The lowest BCUT2D eigenvalue weighted by molar-refractivity contribution is 0.275. The third-order valence-electron chi connectivity index (χ3n) is 1.97. The van der Waals surface area contributed by atoms with Crippen molar-refractivity contribution in [1.29, 1.82) is 0 Å². The van der Waals surface area contributed by atoms with Gasteiger partial charge in [0.05, 0.1) is 17.3 Å². The summed E-state index contributed by atoms with van der Waals surface area (Å²) in [6.45, 7) is 0.383. The Morgan fingerprint density at radius 3 is 3.08 bits per heavy atom. The summed E-state index contributed by atoms with van der Waals surface area (Å²) in [5, 5.41) is 9.84. The largest absolute Gasteiger partial charge is 0.491 e. The first kappa shape index (κ1) is 9.08. The lowest BCUT2D eigenvalue weighted by atomic mass is 9.79. The van der Waals surface area contributed by atoms with Gasteiger partial charge in [-0.1, -0.05) is 11.6 Å². The molecule has 0 amide bonds. The van der Waals surface area contributed by atoms with Crippen LogP contribution in [0, 0.1) is 0 Å². The van der Waals surface area contributed by atoms with Crippen LogP contribution in [0.2, 0.25) is 5.02 Å². The minimum absolute atomic E-state index is 0.383. The topological polar surface area (TPSA) is 41.8 Å². The zero-order valence-electron chi connectivity index (χ0n) is 6.53. The van der Waals surface area contributed by atoms with E-state index in [1.165, 1.54) is 0 Å². The molecule has 1 aliphatic rings. The maximum absolute atomic E-state index is 9.35. The zero-order valence-corrected chi connectivity index (χ0v) is 8.10. The molecule has 13 heavy (non-hydrogen) atoms. The summed E-state index contributed by atoms with van der Waals surface area (Å²) < 4.78 is 8.57. The molecule has 2 rings (SSSR count). The van der Waals surface area contributed by atoms with Crippen molar-refractivity contribution >= 4 is 42.3 Å². The van der Waals surface area contributed by atoms with Gasteiger partial charge in [0.2, 0.25) is 0 Å². The van der Waals surface area contributed by atoms with Gasteiger partial charge in [-0.05, 0) is 23.2 Å². The van der Waals surface area contributed by atoms with Crippen LogP contribution in [0.1, 0.15) is 5.56 Å². The van der Waals surface area contributed by atoms with E-state index >= 15 is 0 Å². The molecule has 0 aromatic heterocycles. The maximum Gasteiger partial charge on any atom is 0.491 e. The molecule has 0 bridgehead atoms. The van der Waals surface area contributed by atoms with E-state index in [9.17, 15) is 5.02 Å². The summed E-state index contributed by atoms with van der Waals surface area (Å²) >= 11 is 10.4. The molecule has 3 nitrogen and oxygen atoms in total. The Kier molecular flexibility index (Phi) is 2.34. The van der Waals surface area contributed by atoms with Crippen molar-refractivity contribution in [2.45, 2.75) is 6.61 Å². The molecule has 1 aliphatic heterocycles. The summed E-state index contributed by atoms with van der Waals surface area (Å²) in [6.07, 6.45) is 0. The fraction of sp³-hybridized carbons (Fsp3) is 0.143. The van der Waals surface area contributed by atoms with Gasteiger partial charge in [0, 0.05) is 12.4 Å². The highest BCUT2D eigenvalue weighted by molar-refractivity contribution is 7.47. The summed E-state index contributed by atoms with van der Waals surface area (Å²) in [7, 11) is -0.872. The predicted octanol–water partition coefficient (Wildman–Crippen LogP) is 0.920. The number of halogens is 1. The molecule has 0 saturated heterocycles. The first-order valence-corrected chi connectivity index (χ1v) is 4.42. The normalized spacial score (nSPS) is 14.5. The van der Waals surface area contributed by atoms with Crippen molar-refractivity contribution in [2.24, 2.45) is 4.36 Å². The predicted molar refractivity (Wildman–Crippen MR) is 53.3 cm³/mol. The van der Waals surface area contributed by atoms with E-state index in [1.54, 1.807) is 12.1 Å². The summed E-state index contributed by atoms with van der Waals surface area (Å²) in [5.41, 5.74) is 2.09. The summed E-state index contributed by atoms with van der Waals surface area (Å²) in [6, 6.07) is 3.38. The van der Waals surface area contributed by atoms with Gasteiger partial charge in [0.25, 0.3) is 0 Å². The lowest BCUT2D eigenvalue weighted by Crippen LogP contribution is -2.27. The molecule has 66 valence electrons. The van der Waals surface area contributed by atoms with Crippen LogP contribution in [-0.4, -0.2) is 12.1 Å². The molecule has 1 heterocycles. The van der Waals surface area contributed by atoms with Crippen LogP contribution in [-0.2, 0) is 23.7 Å². The second-order valence-electron chi connectivity index (χ2n) is 2.76. The zero-order chi connectivity index (χ0) is 9.42. The van der Waals surface area contributed by atoms with E-state index < -0.39 is 7.12 Å². The van der Waals surface area contributed by atoms with Gasteiger partial charge < -0.3 is 9.68 Å². The number of rotatable bonds is 1. The second-order valence-corrected chi connectivity index (χ2v) is 3.35. The van der Waals surface area contributed by atoms with Gasteiger partial charge in [0.1, 0.15) is 0 Å². The number of benzene rings is 1. The average molecular weight is 213 g/mol. The smallest absolute Gasteiger partial charge is 0.423 e. The Morgan fingerprint density at radius 1 is 1.62 bits per heavy atom. The molecule has 0 aliphatic carbocycles. The van der Waals surface area contributed by atoms with E-state index in [2.05, 4.69) is 16.8 Å². The van der Waals surface area contributed by atoms with Crippen molar-refractivity contribution in [1.82, 2.24) is 0 Å². The monoisotopic (exact) mass is 213 g/mol. The molecule has 1 aromatic carbocycles. The van der Waals surface area contributed by atoms with Crippen molar-refractivity contribution in [2.75, 3.05) is 0 Å². The van der Waals surface area contributed by atoms with Gasteiger partial charge in [-0.3, -0.25) is 0 Å². The Bertz CT molecular complexity index is 374. The van der Waals surface area contributed by atoms with Gasteiger partial charge in [-0.15, -0.1) is 0 Å². The molecule has 0 spiro atoms. The maximum atomic E-state index is 9.35. The molecular weight excluding hydrogens is 208 g/mol. The van der Waals surface area contributed by atoms with Crippen LogP contribution in [0.3, 0.4) is 0 Å². The minimum Gasteiger partial charge on any atom is -0.423 e. The van der Waals surface area contributed by atoms with Crippen molar-refractivity contribution < 1.29 is 9.68 Å². The van der Waals surface area contributed by atoms with Crippen LogP contribution in [0.15, 0.2) is 16.5 Å². The molecule has 1 N–H and O–H groups in total. The minimum atomic E-state index is -0.872. The summed E-state index contributed by atoms with van der Waals surface area (Å²) in [4.78, 5) is 0. The van der Waals surface area contributed by atoms with E-state index in [1.807, 2.05) is 0 Å². The highest BCUT2D eigenvalue weighted by Crippen LogP contribution is 2.26.